The van der Waals surface area contributed by atoms with Crippen molar-refractivity contribution in [1.29, 1.82) is 0 Å². The number of rotatable bonds is 4. The van der Waals surface area contributed by atoms with Gasteiger partial charge in [0, 0.05) is 5.92 Å². The Morgan fingerprint density at radius 3 is 2.31 bits per heavy atom. The predicted octanol–water partition coefficient (Wildman–Crippen LogP) is 8.13. The van der Waals surface area contributed by atoms with E-state index in [9.17, 15) is 5.11 Å². The van der Waals surface area contributed by atoms with Crippen LogP contribution in [-0.4, -0.2) is 11.2 Å². The molecule has 1 nitrogen and oxygen atoms in total. The van der Waals surface area contributed by atoms with Crippen LogP contribution in [0.25, 0.3) is 0 Å². The Morgan fingerprint density at radius 1 is 0.906 bits per heavy atom. The molecule has 5 aliphatic rings. The largest absolute Gasteiger partial charge is 0.393 e. The summed E-state index contributed by atoms with van der Waals surface area (Å²) in [5.41, 5.74) is 3.13. The van der Waals surface area contributed by atoms with Gasteiger partial charge in [-0.2, -0.15) is 0 Å². The first kappa shape index (κ1) is 23.4. The van der Waals surface area contributed by atoms with E-state index >= 15 is 0 Å². The van der Waals surface area contributed by atoms with Crippen LogP contribution in [-0.2, 0) is 0 Å². The monoisotopic (exact) mass is 440 g/mol. The molecule has 5 aliphatic carbocycles. The van der Waals surface area contributed by atoms with E-state index in [1.807, 2.05) is 0 Å². The Morgan fingerprint density at radius 2 is 1.62 bits per heavy atom. The van der Waals surface area contributed by atoms with Crippen molar-refractivity contribution in [3.8, 4) is 0 Å². The second kappa shape index (κ2) is 7.60. The van der Waals surface area contributed by atoms with Crippen LogP contribution in [0.2, 0.25) is 0 Å². The zero-order valence-corrected chi connectivity index (χ0v) is 22.5. The summed E-state index contributed by atoms with van der Waals surface area (Å²) in [5.74, 6) is 7.48. The second-order valence-corrected chi connectivity index (χ2v) is 14.5. The summed E-state index contributed by atoms with van der Waals surface area (Å²) in [7, 11) is 0. The Balaban J connectivity index is 1.36. The molecule has 0 aliphatic heterocycles. The first-order valence-corrected chi connectivity index (χ1v) is 14.3. The number of allylic oxidation sites excluding steroid dienone is 1. The number of aliphatic hydroxyl groups excluding tert-OH is 1. The molecule has 0 aromatic heterocycles. The summed E-state index contributed by atoms with van der Waals surface area (Å²) >= 11 is 0. The van der Waals surface area contributed by atoms with Crippen LogP contribution in [0.5, 0.6) is 0 Å². The third-order valence-electron chi connectivity index (χ3n) is 13.3. The summed E-state index contributed by atoms with van der Waals surface area (Å²) in [5, 5.41) is 10.5. The molecule has 0 amide bonds. The lowest BCUT2D eigenvalue weighted by atomic mass is 9.46. The molecule has 0 aromatic rings. The van der Waals surface area contributed by atoms with Crippen molar-refractivity contribution < 1.29 is 5.11 Å². The minimum Gasteiger partial charge on any atom is -0.393 e. The maximum absolute atomic E-state index is 10.5. The van der Waals surface area contributed by atoms with Gasteiger partial charge in [-0.1, -0.05) is 67.0 Å². The quantitative estimate of drug-likeness (QED) is 0.437. The van der Waals surface area contributed by atoms with E-state index in [2.05, 4.69) is 61.5 Å². The minimum absolute atomic E-state index is 0.113. The van der Waals surface area contributed by atoms with Crippen LogP contribution in [0.3, 0.4) is 0 Å². The van der Waals surface area contributed by atoms with E-state index in [-0.39, 0.29) is 6.10 Å². The highest BCUT2D eigenvalue weighted by atomic mass is 16.3. The van der Waals surface area contributed by atoms with E-state index in [0.717, 1.165) is 53.8 Å². The summed E-state index contributed by atoms with van der Waals surface area (Å²) in [6, 6.07) is 0. The predicted molar refractivity (Wildman–Crippen MR) is 135 cm³/mol. The van der Waals surface area contributed by atoms with Crippen LogP contribution in [0.1, 0.15) is 107 Å². The van der Waals surface area contributed by atoms with Gasteiger partial charge in [0.05, 0.1) is 6.10 Å². The van der Waals surface area contributed by atoms with Gasteiger partial charge in [0.25, 0.3) is 0 Å². The summed E-state index contributed by atoms with van der Waals surface area (Å²) < 4.78 is 0. The van der Waals surface area contributed by atoms with Crippen molar-refractivity contribution in [3.05, 3.63) is 11.6 Å². The van der Waals surface area contributed by atoms with Crippen LogP contribution in [0.15, 0.2) is 11.6 Å². The van der Waals surface area contributed by atoms with Gasteiger partial charge >= 0.3 is 0 Å². The smallest absolute Gasteiger partial charge is 0.0603 e. The highest BCUT2D eigenvalue weighted by Crippen LogP contribution is 2.71. The second-order valence-electron chi connectivity index (χ2n) is 14.5. The third-order valence-corrected chi connectivity index (χ3v) is 13.3. The minimum atomic E-state index is -0.113. The van der Waals surface area contributed by atoms with Gasteiger partial charge in [0.15, 0.2) is 0 Å². The van der Waals surface area contributed by atoms with Crippen LogP contribution < -0.4 is 0 Å². The first-order valence-electron chi connectivity index (χ1n) is 14.3. The fraction of sp³-hybridized carbons (Fsp3) is 0.935. The molecule has 0 radical (unpaired) electrons. The van der Waals surface area contributed by atoms with Gasteiger partial charge in [0.1, 0.15) is 0 Å². The normalized spacial score (nSPS) is 54.3. The fourth-order valence-corrected chi connectivity index (χ4v) is 10.7. The average molecular weight is 441 g/mol. The molecule has 0 aromatic carbocycles. The molecule has 1 heteroatoms. The summed E-state index contributed by atoms with van der Waals surface area (Å²) in [4.78, 5) is 0. The van der Waals surface area contributed by atoms with Crippen molar-refractivity contribution in [2.75, 3.05) is 0 Å². The summed E-state index contributed by atoms with van der Waals surface area (Å²) in [6.45, 7) is 20.2. The molecule has 4 fully saturated rings. The van der Waals surface area contributed by atoms with Gasteiger partial charge in [-0.3, -0.25) is 0 Å². The molecule has 4 saturated carbocycles. The lowest BCUT2D eigenvalue weighted by Gasteiger charge is -2.59. The van der Waals surface area contributed by atoms with Crippen molar-refractivity contribution >= 4 is 0 Å². The van der Waals surface area contributed by atoms with Crippen LogP contribution in [0.4, 0.5) is 0 Å². The highest BCUT2D eigenvalue weighted by molar-refractivity contribution is 5.27. The Kier molecular flexibility index (Phi) is 5.57. The van der Waals surface area contributed by atoms with Crippen molar-refractivity contribution in [2.45, 2.75) is 113 Å². The highest BCUT2D eigenvalue weighted by Gasteiger charge is 2.63. The number of aliphatic hydroxyl groups is 1. The molecule has 0 bridgehead atoms. The molecular weight excluding hydrogens is 388 g/mol. The van der Waals surface area contributed by atoms with E-state index in [1.54, 1.807) is 5.57 Å². The Labute approximate surface area is 199 Å². The fourth-order valence-electron chi connectivity index (χ4n) is 10.7. The molecule has 32 heavy (non-hydrogen) atoms. The maximum Gasteiger partial charge on any atom is 0.0603 e. The zero-order valence-electron chi connectivity index (χ0n) is 22.5. The van der Waals surface area contributed by atoms with Gasteiger partial charge in [0.2, 0.25) is 0 Å². The van der Waals surface area contributed by atoms with Crippen molar-refractivity contribution in [1.82, 2.24) is 0 Å². The molecule has 0 heterocycles. The molecule has 182 valence electrons. The van der Waals surface area contributed by atoms with Gasteiger partial charge in [-0.15, -0.1) is 0 Å². The Bertz CT molecular complexity index is 766. The lowest BCUT2D eigenvalue weighted by molar-refractivity contribution is -0.0661. The zero-order chi connectivity index (χ0) is 23.2. The Hall–Kier alpha value is -0.300. The topological polar surface area (TPSA) is 20.2 Å². The van der Waals surface area contributed by atoms with Crippen molar-refractivity contribution in [3.63, 3.8) is 0 Å². The first-order chi connectivity index (χ1) is 14.9. The number of hydrogen-bond acceptors (Lipinski definition) is 1. The number of hydrogen-bond donors (Lipinski definition) is 1. The van der Waals surface area contributed by atoms with E-state index in [1.165, 1.54) is 44.9 Å². The molecule has 5 rings (SSSR count). The van der Waals surface area contributed by atoms with Crippen molar-refractivity contribution in [2.24, 2.45) is 69.5 Å². The van der Waals surface area contributed by atoms with Gasteiger partial charge in [-0.05, 0) is 115 Å². The van der Waals surface area contributed by atoms with E-state index in [0.29, 0.717) is 22.2 Å². The standard InChI is InChI=1S/C31H52O/c1-18(2)21(5)31(8)17-27(31)19(3)23-11-12-25-22-9-10-24-20(4)28(32)14-16-30(24,7)26(22)13-15-29(23,25)6/h10,18-23,25-28,32H,9,11-17H2,1-8H3. The maximum atomic E-state index is 10.5. The van der Waals surface area contributed by atoms with E-state index < -0.39 is 0 Å². The number of fused-ring (bicyclic) bond motifs is 5. The molecule has 12 atom stereocenters. The molecule has 1 N–H and O–H groups in total. The molecule has 12 unspecified atom stereocenters. The summed E-state index contributed by atoms with van der Waals surface area (Å²) in [6.07, 6.45) is 13.3. The van der Waals surface area contributed by atoms with Gasteiger partial charge in [-0.25, -0.2) is 0 Å². The van der Waals surface area contributed by atoms with E-state index in [4.69, 9.17) is 0 Å². The average Bonchev–Trinajstić information content (AvgIpc) is 3.31. The molecule has 0 saturated heterocycles. The van der Waals surface area contributed by atoms with Crippen LogP contribution >= 0.6 is 0 Å². The molecule has 0 spiro atoms. The van der Waals surface area contributed by atoms with Gasteiger partial charge < -0.3 is 5.11 Å². The third kappa shape index (κ3) is 3.11. The molecular formula is C31H52O. The van der Waals surface area contributed by atoms with Crippen LogP contribution in [0, 0.1) is 69.5 Å². The lowest BCUT2D eigenvalue weighted by Crippen LogP contribution is -2.52. The SMILES string of the molecule is CC(C)C(C)C1(C)CC1C(C)C1CCC2C3CC=C4C(C)C(O)CCC4(C)C3CCC12C.